The monoisotopic (exact) mass is 449 g/mol. The van der Waals surface area contributed by atoms with Crippen LogP contribution >= 0.6 is 0 Å². The summed E-state index contributed by atoms with van der Waals surface area (Å²) in [5, 5.41) is 6.06. The zero-order chi connectivity index (χ0) is 23.2. The van der Waals surface area contributed by atoms with Crippen LogP contribution in [0.3, 0.4) is 0 Å². The van der Waals surface area contributed by atoms with Crippen LogP contribution in [-0.2, 0) is 9.59 Å². The number of amides is 2. The number of hydrogen-bond donors (Lipinski definition) is 2. The van der Waals surface area contributed by atoms with Crippen molar-refractivity contribution >= 4 is 11.8 Å². The molecular formula is C27H35N3O3. The van der Waals surface area contributed by atoms with Gasteiger partial charge in [0, 0.05) is 6.54 Å². The number of likely N-dealkylation sites (tertiary alicyclic amines) is 1. The van der Waals surface area contributed by atoms with Gasteiger partial charge in [-0.25, -0.2) is 0 Å². The average Bonchev–Trinajstić information content (AvgIpc) is 3.55. The topological polar surface area (TPSA) is 70.7 Å². The van der Waals surface area contributed by atoms with Crippen LogP contribution in [0.4, 0.5) is 0 Å². The van der Waals surface area contributed by atoms with Gasteiger partial charge in [-0.3, -0.25) is 9.59 Å². The molecule has 2 N–H and O–H groups in total. The maximum Gasteiger partial charge on any atom is 0.245 e. The van der Waals surface area contributed by atoms with E-state index in [1.807, 2.05) is 60.4 Å². The zero-order valence-electron chi connectivity index (χ0n) is 19.6. The molecule has 0 bridgehead atoms. The van der Waals surface area contributed by atoms with Crippen LogP contribution < -0.4 is 15.4 Å². The summed E-state index contributed by atoms with van der Waals surface area (Å²) >= 11 is 0. The van der Waals surface area contributed by atoms with Gasteiger partial charge in [0.05, 0.1) is 12.1 Å². The highest BCUT2D eigenvalue weighted by atomic mass is 16.5. The molecule has 2 aromatic carbocycles. The van der Waals surface area contributed by atoms with E-state index in [0.29, 0.717) is 6.54 Å². The average molecular weight is 450 g/mol. The highest BCUT2D eigenvalue weighted by Gasteiger charge is 2.39. The van der Waals surface area contributed by atoms with Crippen molar-refractivity contribution in [2.24, 2.45) is 5.92 Å². The maximum absolute atomic E-state index is 13.8. The van der Waals surface area contributed by atoms with Gasteiger partial charge in [0.2, 0.25) is 11.8 Å². The molecular weight excluding hydrogens is 414 g/mol. The van der Waals surface area contributed by atoms with E-state index < -0.39 is 6.04 Å². The summed E-state index contributed by atoms with van der Waals surface area (Å²) in [6, 6.07) is 17.0. The zero-order valence-corrected chi connectivity index (χ0v) is 19.6. The molecule has 2 amide bonds. The van der Waals surface area contributed by atoms with E-state index in [-0.39, 0.29) is 29.8 Å². The van der Waals surface area contributed by atoms with Crippen LogP contribution in [0.25, 0.3) is 0 Å². The molecule has 6 heteroatoms. The van der Waals surface area contributed by atoms with E-state index in [2.05, 4.69) is 16.7 Å². The number of hydrogen-bond acceptors (Lipinski definition) is 4. The van der Waals surface area contributed by atoms with E-state index >= 15 is 0 Å². The van der Waals surface area contributed by atoms with E-state index in [9.17, 15) is 9.59 Å². The van der Waals surface area contributed by atoms with Crippen molar-refractivity contribution in [3.63, 3.8) is 0 Å². The first-order chi connectivity index (χ1) is 16.1. The standard InChI is InChI=1S/C27H35N3O3/c1-19(28-2)26(31)29-25(20-10-6-7-11-20)27(32)30-17-9-16-24(30)21-12-8-15-23(18-21)33-22-13-4-3-5-14-22/h3-5,8,12-15,18-20,24-25,28H,6-7,9-11,16-17H2,1-2H3,(H,29,31)/t19-,24-,25-/m0/s1. The molecule has 0 unspecified atom stereocenters. The predicted molar refractivity (Wildman–Crippen MR) is 129 cm³/mol. The Balaban J connectivity index is 1.53. The second-order valence-corrected chi connectivity index (χ2v) is 9.22. The molecule has 1 saturated heterocycles. The number of carbonyl (C=O) groups excluding carboxylic acids is 2. The fourth-order valence-corrected chi connectivity index (χ4v) is 5.05. The third kappa shape index (κ3) is 5.56. The molecule has 2 fully saturated rings. The normalized spacial score (nSPS) is 20.4. The Morgan fingerprint density at radius 2 is 1.70 bits per heavy atom. The Bertz CT molecular complexity index is 943. The molecule has 1 saturated carbocycles. The lowest BCUT2D eigenvalue weighted by atomic mass is 9.95. The molecule has 4 rings (SSSR count). The van der Waals surface area contributed by atoms with Crippen molar-refractivity contribution in [2.45, 2.75) is 63.6 Å². The summed E-state index contributed by atoms with van der Waals surface area (Å²) in [6.07, 6.45) is 6.09. The van der Waals surface area contributed by atoms with Crippen molar-refractivity contribution in [1.29, 1.82) is 0 Å². The highest BCUT2D eigenvalue weighted by molar-refractivity contribution is 5.90. The van der Waals surface area contributed by atoms with Gasteiger partial charge < -0.3 is 20.3 Å². The summed E-state index contributed by atoms with van der Waals surface area (Å²) < 4.78 is 6.03. The number of ether oxygens (including phenoxy) is 1. The minimum absolute atomic E-state index is 0.000600. The molecule has 33 heavy (non-hydrogen) atoms. The third-order valence-corrected chi connectivity index (χ3v) is 7.02. The Kier molecular flexibility index (Phi) is 7.65. The van der Waals surface area contributed by atoms with Crippen LogP contribution in [-0.4, -0.2) is 42.4 Å². The quantitative estimate of drug-likeness (QED) is 0.626. The largest absolute Gasteiger partial charge is 0.457 e. The predicted octanol–water partition coefficient (Wildman–Crippen LogP) is 4.43. The number of nitrogens with zero attached hydrogens (tertiary/aromatic N) is 1. The lowest BCUT2D eigenvalue weighted by Crippen LogP contribution is -2.55. The van der Waals surface area contributed by atoms with Crippen LogP contribution in [0, 0.1) is 5.92 Å². The Hall–Kier alpha value is -2.86. The van der Waals surface area contributed by atoms with E-state index in [4.69, 9.17) is 4.74 Å². The Morgan fingerprint density at radius 1 is 0.970 bits per heavy atom. The number of benzene rings is 2. The smallest absolute Gasteiger partial charge is 0.245 e. The lowest BCUT2D eigenvalue weighted by molar-refractivity contribution is -0.139. The fraction of sp³-hybridized carbons (Fsp3) is 0.481. The summed E-state index contributed by atoms with van der Waals surface area (Å²) in [5.41, 5.74) is 1.08. The SMILES string of the molecule is CN[C@@H](C)C(=O)N[C@H](C(=O)N1CCC[C@H]1c1cccc(Oc2ccccc2)c1)C1CCCC1. The molecule has 0 spiro atoms. The highest BCUT2D eigenvalue weighted by Crippen LogP contribution is 2.37. The molecule has 0 aromatic heterocycles. The van der Waals surface area contributed by atoms with Crippen molar-refractivity contribution in [3.05, 3.63) is 60.2 Å². The number of likely N-dealkylation sites (N-methyl/N-ethyl adjacent to an activating group) is 1. The molecule has 1 aliphatic heterocycles. The number of nitrogens with one attached hydrogen (secondary N) is 2. The molecule has 176 valence electrons. The van der Waals surface area contributed by atoms with Crippen LogP contribution in [0.2, 0.25) is 0 Å². The maximum atomic E-state index is 13.8. The molecule has 0 radical (unpaired) electrons. The number of rotatable bonds is 8. The van der Waals surface area contributed by atoms with Crippen LogP contribution in [0.15, 0.2) is 54.6 Å². The van der Waals surface area contributed by atoms with Gasteiger partial charge in [-0.15, -0.1) is 0 Å². The minimum atomic E-state index is -0.458. The molecule has 6 nitrogen and oxygen atoms in total. The van der Waals surface area contributed by atoms with E-state index in [1.54, 1.807) is 7.05 Å². The first-order valence-electron chi connectivity index (χ1n) is 12.2. The summed E-state index contributed by atoms with van der Waals surface area (Å²) in [5.74, 6) is 1.70. The number of para-hydroxylation sites is 1. The van der Waals surface area contributed by atoms with Gasteiger partial charge in [-0.05, 0) is 75.4 Å². The Labute approximate surface area is 196 Å². The van der Waals surface area contributed by atoms with Crippen molar-refractivity contribution in [1.82, 2.24) is 15.5 Å². The van der Waals surface area contributed by atoms with Gasteiger partial charge in [0.1, 0.15) is 17.5 Å². The molecule has 2 aliphatic rings. The van der Waals surface area contributed by atoms with Gasteiger partial charge in [0.25, 0.3) is 0 Å². The Morgan fingerprint density at radius 3 is 2.42 bits per heavy atom. The third-order valence-electron chi connectivity index (χ3n) is 7.02. The molecule has 1 aliphatic carbocycles. The first-order valence-corrected chi connectivity index (χ1v) is 12.2. The summed E-state index contributed by atoms with van der Waals surface area (Å²) in [4.78, 5) is 28.4. The molecule has 1 heterocycles. The van der Waals surface area contributed by atoms with Gasteiger partial charge in [-0.2, -0.15) is 0 Å². The second-order valence-electron chi connectivity index (χ2n) is 9.22. The van der Waals surface area contributed by atoms with Gasteiger partial charge >= 0.3 is 0 Å². The van der Waals surface area contributed by atoms with Crippen LogP contribution in [0.1, 0.15) is 57.1 Å². The van der Waals surface area contributed by atoms with Crippen molar-refractivity contribution in [3.8, 4) is 11.5 Å². The van der Waals surface area contributed by atoms with E-state index in [0.717, 1.165) is 55.6 Å². The fourth-order valence-electron chi connectivity index (χ4n) is 5.05. The van der Waals surface area contributed by atoms with Crippen LogP contribution in [0.5, 0.6) is 11.5 Å². The van der Waals surface area contributed by atoms with Gasteiger partial charge in [-0.1, -0.05) is 43.2 Å². The minimum Gasteiger partial charge on any atom is -0.457 e. The summed E-state index contributed by atoms with van der Waals surface area (Å²) in [6.45, 7) is 2.54. The second kappa shape index (κ2) is 10.8. The van der Waals surface area contributed by atoms with E-state index in [1.165, 1.54) is 0 Å². The number of carbonyl (C=O) groups is 2. The molecule has 2 aromatic rings. The summed E-state index contributed by atoms with van der Waals surface area (Å²) in [7, 11) is 1.76. The lowest BCUT2D eigenvalue weighted by Gasteiger charge is -2.33. The van der Waals surface area contributed by atoms with Crippen molar-refractivity contribution in [2.75, 3.05) is 13.6 Å². The molecule has 3 atom stereocenters. The van der Waals surface area contributed by atoms with Gasteiger partial charge in [0.15, 0.2) is 0 Å². The van der Waals surface area contributed by atoms with Crippen molar-refractivity contribution < 1.29 is 14.3 Å². The first kappa shape index (κ1) is 23.3.